The molecule has 1 fully saturated rings. The van der Waals surface area contributed by atoms with Crippen LogP contribution in [0, 0.1) is 10.1 Å². The van der Waals surface area contributed by atoms with Crippen molar-refractivity contribution >= 4 is 17.4 Å². The molecule has 0 atom stereocenters. The Morgan fingerprint density at radius 2 is 1.79 bits per heavy atom. The maximum absolute atomic E-state index is 12.9. The Hall–Kier alpha value is -2.39. The summed E-state index contributed by atoms with van der Waals surface area (Å²) in [5.41, 5.74) is 3.19. The molecule has 0 saturated carbocycles. The molecule has 1 saturated heterocycles. The molecule has 0 unspecified atom stereocenters. The van der Waals surface area contributed by atoms with E-state index in [0.717, 1.165) is 68.1 Å². The van der Waals surface area contributed by atoms with Gasteiger partial charge in [0, 0.05) is 49.6 Å². The number of nitro benzene ring substituents is 1. The Morgan fingerprint density at radius 1 is 1.10 bits per heavy atom. The van der Waals surface area contributed by atoms with Crippen LogP contribution < -0.4 is 10.7 Å². The summed E-state index contributed by atoms with van der Waals surface area (Å²) in [6, 6.07) is 6.57. The van der Waals surface area contributed by atoms with E-state index in [9.17, 15) is 14.9 Å². The zero-order valence-electron chi connectivity index (χ0n) is 16.5. The second kappa shape index (κ2) is 8.54. The van der Waals surface area contributed by atoms with Crippen LogP contribution >= 0.6 is 11.8 Å². The minimum atomic E-state index is -0.396. The lowest BCUT2D eigenvalue weighted by atomic mass is 9.97. The van der Waals surface area contributed by atoms with Gasteiger partial charge in [-0.1, -0.05) is 12.1 Å². The van der Waals surface area contributed by atoms with Crippen LogP contribution in [0.5, 0.6) is 0 Å². The highest BCUT2D eigenvalue weighted by Gasteiger charge is 2.25. The van der Waals surface area contributed by atoms with Crippen molar-refractivity contribution in [2.75, 3.05) is 38.2 Å². The van der Waals surface area contributed by atoms with Crippen LogP contribution in [-0.4, -0.2) is 52.7 Å². The zero-order chi connectivity index (χ0) is 20.4. The summed E-state index contributed by atoms with van der Waals surface area (Å²) >= 11 is 1.55. The van der Waals surface area contributed by atoms with Crippen LogP contribution in [0.3, 0.4) is 0 Å². The van der Waals surface area contributed by atoms with Gasteiger partial charge in [0.05, 0.1) is 10.6 Å². The Balaban J connectivity index is 1.58. The molecule has 29 heavy (non-hydrogen) atoms. The van der Waals surface area contributed by atoms with Crippen LogP contribution in [0.1, 0.15) is 29.7 Å². The molecule has 0 N–H and O–H groups in total. The Labute approximate surface area is 173 Å². The van der Waals surface area contributed by atoms with Crippen molar-refractivity contribution in [3.63, 3.8) is 0 Å². The van der Waals surface area contributed by atoms with E-state index < -0.39 is 4.92 Å². The minimum Gasteiger partial charge on any atom is -0.306 e. The predicted molar refractivity (Wildman–Crippen MR) is 113 cm³/mol. The van der Waals surface area contributed by atoms with Crippen LogP contribution in [0.4, 0.5) is 5.69 Å². The third kappa shape index (κ3) is 4.30. The van der Waals surface area contributed by atoms with Gasteiger partial charge in [0.25, 0.3) is 5.69 Å². The Bertz CT molecular complexity index is 952. The van der Waals surface area contributed by atoms with E-state index >= 15 is 0 Å². The first-order chi connectivity index (χ1) is 14.0. The summed E-state index contributed by atoms with van der Waals surface area (Å²) in [5.74, 6) is 0.634. The van der Waals surface area contributed by atoms with Crippen molar-refractivity contribution in [1.82, 2.24) is 14.6 Å². The normalized spacial score (nSPS) is 17.2. The lowest BCUT2D eigenvalue weighted by Crippen LogP contribution is -2.54. The molecular formula is C20H25N5O3S. The summed E-state index contributed by atoms with van der Waals surface area (Å²) in [5, 5.41) is 13.8. The van der Waals surface area contributed by atoms with E-state index in [4.69, 9.17) is 0 Å². The molecule has 9 heteroatoms. The first-order valence-corrected chi connectivity index (χ1v) is 11.0. The number of nitrogens with zero attached hydrogens (tertiary/aromatic N) is 5. The van der Waals surface area contributed by atoms with Gasteiger partial charge in [0.15, 0.2) is 0 Å². The fourth-order valence-corrected chi connectivity index (χ4v) is 4.98. The van der Waals surface area contributed by atoms with Crippen molar-refractivity contribution in [1.29, 1.82) is 0 Å². The van der Waals surface area contributed by atoms with Gasteiger partial charge in [-0.2, -0.15) is 4.98 Å². The molecule has 1 aromatic heterocycles. The molecular weight excluding hydrogens is 390 g/mol. The molecule has 8 nitrogen and oxygen atoms in total. The number of rotatable bonds is 5. The van der Waals surface area contributed by atoms with Gasteiger partial charge in [-0.3, -0.25) is 10.1 Å². The average molecular weight is 416 g/mol. The highest BCUT2D eigenvalue weighted by Crippen LogP contribution is 2.30. The highest BCUT2D eigenvalue weighted by molar-refractivity contribution is 7.98. The molecule has 2 aromatic rings. The number of likely N-dealkylation sites (N-methyl/N-ethyl adjacent to an activating group) is 1. The molecule has 1 aliphatic carbocycles. The molecule has 2 heterocycles. The van der Waals surface area contributed by atoms with E-state index in [1.165, 1.54) is 17.7 Å². The number of fused-ring (bicyclic) bond motifs is 1. The van der Waals surface area contributed by atoms with Crippen molar-refractivity contribution in [3.8, 4) is 0 Å². The summed E-state index contributed by atoms with van der Waals surface area (Å²) in [7, 11) is 2.10. The van der Waals surface area contributed by atoms with E-state index in [-0.39, 0.29) is 11.4 Å². The van der Waals surface area contributed by atoms with E-state index in [1.54, 1.807) is 23.9 Å². The highest BCUT2D eigenvalue weighted by atomic mass is 32.2. The SMILES string of the molecule is CN1CCN(n2c3c(c(SCc4ccc([N+](=O)[O-])cc4)nc2=O)CCCC3)CC1. The third-order valence-corrected chi connectivity index (χ3v) is 6.70. The van der Waals surface area contributed by atoms with E-state index in [0.29, 0.717) is 5.75 Å². The van der Waals surface area contributed by atoms with Gasteiger partial charge in [-0.05, 0) is 38.3 Å². The number of piperazine rings is 1. The first-order valence-electron chi connectivity index (χ1n) is 9.97. The standard InChI is InChI=1S/C20H25N5O3S/c1-22-10-12-23(13-11-22)24-18-5-3-2-4-17(18)19(21-20(24)26)29-14-15-6-8-16(9-7-15)25(27)28/h6-9H,2-5,10-14H2,1H3. The van der Waals surface area contributed by atoms with Crippen molar-refractivity contribution in [2.45, 2.75) is 36.5 Å². The second-order valence-corrected chi connectivity index (χ2v) is 8.58. The van der Waals surface area contributed by atoms with Gasteiger partial charge in [-0.15, -0.1) is 11.8 Å². The van der Waals surface area contributed by atoms with Crippen LogP contribution in [0.25, 0.3) is 0 Å². The number of nitro groups is 1. The third-order valence-electron chi connectivity index (χ3n) is 5.62. The maximum atomic E-state index is 12.9. The lowest BCUT2D eigenvalue weighted by Gasteiger charge is -2.37. The predicted octanol–water partition coefficient (Wildman–Crippen LogP) is 2.21. The fourth-order valence-electron chi connectivity index (χ4n) is 3.94. The summed E-state index contributed by atoms with van der Waals surface area (Å²) in [6.07, 6.45) is 4.06. The molecule has 4 rings (SSSR count). The van der Waals surface area contributed by atoms with E-state index in [2.05, 4.69) is 21.9 Å². The van der Waals surface area contributed by atoms with Crippen molar-refractivity contribution in [2.24, 2.45) is 0 Å². The number of benzene rings is 1. The molecule has 1 aliphatic heterocycles. The molecule has 0 amide bonds. The van der Waals surface area contributed by atoms with Gasteiger partial charge in [0.2, 0.25) is 0 Å². The van der Waals surface area contributed by atoms with Gasteiger partial charge < -0.3 is 9.91 Å². The first kappa shape index (κ1) is 19.9. The Kier molecular flexibility index (Phi) is 5.86. The quantitative estimate of drug-likeness (QED) is 0.320. The molecule has 0 radical (unpaired) electrons. The molecule has 0 bridgehead atoms. The van der Waals surface area contributed by atoms with Crippen molar-refractivity contribution in [3.05, 3.63) is 61.7 Å². The average Bonchev–Trinajstić information content (AvgIpc) is 2.73. The van der Waals surface area contributed by atoms with Crippen molar-refractivity contribution < 1.29 is 4.92 Å². The summed E-state index contributed by atoms with van der Waals surface area (Å²) < 4.78 is 1.83. The molecule has 154 valence electrons. The number of hydrogen-bond donors (Lipinski definition) is 0. The Morgan fingerprint density at radius 3 is 2.48 bits per heavy atom. The monoisotopic (exact) mass is 415 g/mol. The molecule has 1 aromatic carbocycles. The number of hydrogen-bond acceptors (Lipinski definition) is 7. The maximum Gasteiger partial charge on any atom is 0.367 e. The minimum absolute atomic E-state index is 0.0871. The largest absolute Gasteiger partial charge is 0.367 e. The van der Waals surface area contributed by atoms with Gasteiger partial charge >= 0.3 is 5.69 Å². The van der Waals surface area contributed by atoms with Crippen LogP contribution in [-0.2, 0) is 18.6 Å². The van der Waals surface area contributed by atoms with Gasteiger partial charge in [0.1, 0.15) is 5.03 Å². The summed E-state index contributed by atoms with van der Waals surface area (Å²) in [6.45, 7) is 3.55. The topological polar surface area (TPSA) is 84.5 Å². The van der Waals surface area contributed by atoms with Gasteiger partial charge in [-0.25, -0.2) is 9.47 Å². The fraction of sp³-hybridized carbons (Fsp3) is 0.500. The van der Waals surface area contributed by atoms with Crippen LogP contribution in [0.2, 0.25) is 0 Å². The van der Waals surface area contributed by atoms with E-state index in [1.807, 2.05) is 4.68 Å². The summed E-state index contributed by atoms with van der Waals surface area (Å²) in [4.78, 5) is 30.1. The molecule has 0 spiro atoms. The smallest absolute Gasteiger partial charge is 0.306 e. The number of non-ortho nitro benzene ring substituents is 1. The zero-order valence-corrected chi connectivity index (χ0v) is 17.4. The lowest BCUT2D eigenvalue weighted by molar-refractivity contribution is -0.384. The van der Waals surface area contributed by atoms with Crippen LogP contribution in [0.15, 0.2) is 34.1 Å². The number of aromatic nitrogens is 2. The second-order valence-electron chi connectivity index (χ2n) is 7.61. The molecule has 2 aliphatic rings. The number of thioether (sulfide) groups is 1.